The number of hydrogen-bond acceptors (Lipinski definition) is 4. The monoisotopic (exact) mass is 354 g/mol. The zero-order valence-corrected chi connectivity index (χ0v) is 15.2. The molecule has 0 saturated carbocycles. The Labute approximate surface area is 152 Å². The van der Waals surface area contributed by atoms with Gasteiger partial charge in [-0.1, -0.05) is 18.2 Å². The van der Waals surface area contributed by atoms with Gasteiger partial charge in [0.1, 0.15) is 5.75 Å². The molecule has 0 bridgehead atoms. The number of rotatable bonds is 5. The number of carbonyl (C=O) groups excluding carboxylic acids is 1. The van der Waals surface area contributed by atoms with Gasteiger partial charge in [0, 0.05) is 28.1 Å². The first-order valence-corrected chi connectivity index (χ1v) is 9.26. The number of ether oxygens (including phenoxy) is 1. The summed E-state index contributed by atoms with van der Waals surface area (Å²) in [6, 6.07) is 16.0. The van der Waals surface area contributed by atoms with E-state index in [-0.39, 0.29) is 11.9 Å². The average Bonchev–Trinajstić information content (AvgIpc) is 2.62. The molecular weight excluding hydrogens is 332 g/mol. The minimum Gasteiger partial charge on any atom is -0.497 e. The number of thioether (sulfide) groups is 1. The predicted octanol–water partition coefficient (Wildman–Crippen LogP) is 4.36. The normalized spacial score (nSPS) is 16.7. The summed E-state index contributed by atoms with van der Waals surface area (Å²) in [6.45, 7) is 1.93. The molecule has 2 N–H and O–H groups in total. The molecule has 25 heavy (non-hydrogen) atoms. The van der Waals surface area contributed by atoms with Crippen molar-refractivity contribution in [3.63, 3.8) is 0 Å². The van der Waals surface area contributed by atoms with Gasteiger partial charge >= 0.3 is 0 Å². The Morgan fingerprint density at radius 2 is 1.96 bits per heavy atom. The molecule has 4 nitrogen and oxygen atoms in total. The first kappa shape index (κ1) is 17.4. The van der Waals surface area contributed by atoms with Crippen molar-refractivity contribution in [2.45, 2.75) is 24.3 Å². The highest BCUT2D eigenvalue weighted by atomic mass is 32.2. The van der Waals surface area contributed by atoms with Crippen molar-refractivity contribution >= 4 is 23.4 Å². The van der Waals surface area contributed by atoms with Crippen molar-refractivity contribution < 1.29 is 9.53 Å². The summed E-state index contributed by atoms with van der Waals surface area (Å²) < 4.78 is 5.12. The van der Waals surface area contributed by atoms with Crippen LogP contribution >= 0.6 is 11.8 Å². The minimum atomic E-state index is -0.145. The minimum absolute atomic E-state index is 0.145. The Balaban J connectivity index is 1.62. The predicted molar refractivity (Wildman–Crippen MR) is 103 cm³/mol. The zero-order chi connectivity index (χ0) is 17.6. The molecule has 0 aromatic heterocycles. The van der Waals surface area contributed by atoms with Crippen LogP contribution in [0.15, 0.2) is 65.2 Å². The fraction of sp³-hybridized carbons (Fsp3) is 0.250. The Kier molecular flexibility index (Phi) is 5.66. The standard InChI is InChI=1S/C20H22N2O2S/c1-14(13-20(23)22-15-7-9-16(24-2)10-8-15)21-18-11-12-25-19-6-4-3-5-17(18)19/h3-10,13,18,21H,11-12H2,1-2H3,(H,22,23)/b14-13+. The molecule has 0 saturated heterocycles. The summed E-state index contributed by atoms with van der Waals surface area (Å²) in [4.78, 5) is 13.5. The van der Waals surface area contributed by atoms with Crippen LogP contribution in [0.4, 0.5) is 5.69 Å². The van der Waals surface area contributed by atoms with Crippen molar-refractivity contribution in [2.75, 3.05) is 18.2 Å². The highest BCUT2D eigenvalue weighted by molar-refractivity contribution is 7.99. The van der Waals surface area contributed by atoms with Crippen LogP contribution in [0, 0.1) is 0 Å². The summed E-state index contributed by atoms with van der Waals surface area (Å²) in [7, 11) is 1.62. The van der Waals surface area contributed by atoms with Crippen LogP contribution in [0.3, 0.4) is 0 Å². The van der Waals surface area contributed by atoms with Gasteiger partial charge in [0.05, 0.1) is 13.2 Å². The fourth-order valence-corrected chi connectivity index (χ4v) is 3.98. The van der Waals surface area contributed by atoms with E-state index in [1.54, 1.807) is 13.2 Å². The van der Waals surface area contributed by atoms with Gasteiger partial charge in [0.2, 0.25) is 5.91 Å². The van der Waals surface area contributed by atoms with E-state index in [9.17, 15) is 4.79 Å². The second-order valence-corrected chi connectivity index (χ2v) is 7.05. The first-order chi connectivity index (χ1) is 12.2. The molecule has 1 heterocycles. The Morgan fingerprint density at radius 1 is 1.20 bits per heavy atom. The maximum atomic E-state index is 12.2. The molecule has 3 rings (SSSR count). The van der Waals surface area contributed by atoms with Gasteiger partial charge in [-0.2, -0.15) is 0 Å². The molecule has 5 heteroatoms. The van der Waals surface area contributed by atoms with Crippen LogP contribution in [-0.4, -0.2) is 18.8 Å². The van der Waals surface area contributed by atoms with Gasteiger partial charge in [0.15, 0.2) is 0 Å². The van der Waals surface area contributed by atoms with Crippen molar-refractivity contribution in [1.29, 1.82) is 0 Å². The molecular formula is C20H22N2O2S. The third-order valence-electron chi connectivity index (χ3n) is 4.07. The molecule has 0 fully saturated rings. The number of nitrogens with one attached hydrogen (secondary N) is 2. The van der Waals surface area contributed by atoms with Gasteiger partial charge in [-0.3, -0.25) is 4.79 Å². The molecule has 0 spiro atoms. The summed E-state index contributed by atoms with van der Waals surface area (Å²) in [5.41, 5.74) is 2.91. The number of amides is 1. The van der Waals surface area contributed by atoms with E-state index < -0.39 is 0 Å². The van der Waals surface area contributed by atoms with Crippen LogP contribution in [0.2, 0.25) is 0 Å². The lowest BCUT2D eigenvalue weighted by Gasteiger charge is -2.27. The van der Waals surface area contributed by atoms with Crippen LogP contribution in [0.1, 0.15) is 24.9 Å². The van der Waals surface area contributed by atoms with Crippen molar-refractivity contribution in [1.82, 2.24) is 5.32 Å². The van der Waals surface area contributed by atoms with Crippen LogP contribution in [-0.2, 0) is 4.79 Å². The molecule has 0 aliphatic carbocycles. The van der Waals surface area contributed by atoms with E-state index in [0.717, 1.165) is 29.3 Å². The molecule has 1 amide bonds. The summed E-state index contributed by atoms with van der Waals surface area (Å²) in [6.07, 6.45) is 2.65. The summed E-state index contributed by atoms with van der Waals surface area (Å²) in [5, 5.41) is 6.34. The zero-order valence-electron chi connectivity index (χ0n) is 14.4. The third kappa shape index (κ3) is 4.57. The smallest absolute Gasteiger partial charge is 0.250 e. The maximum absolute atomic E-state index is 12.2. The molecule has 2 aromatic carbocycles. The van der Waals surface area contributed by atoms with Crippen LogP contribution in [0.25, 0.3) is 0 Å². The van der Waals surface area contributed by atoms with Crippen molar-refractivity contribution in [2.24, 2.45) is 0 Å². The maximum Gasteiger partial charge on any atom is 0.250 e. The summed E-state index contributed by atoms with van der Waals surface area (Å²) >= 11 is 1.89. The second kappa shape index (κ2) is 8.12. The Morgan fingerprint density at radius 3 is 2.72 bits per heavy atom. The van der Waals surface area contributed by atoms with Gasteiger partial charge in [-0.05, 0) is 49.2 Å². The van der Waals surface area contributed by atoms with E-state index in [1.165, 1.54) is 10.5 Å². The summed E-state index contributed by atoms with van der Waals surface area (Å²) in [5.74, 6) is 1.70. The first-order valence-electron chi connectivity index (χ1n) is 8.27. The molecule has 1 aliphatic rings. The fourth-order valence-electron chi connectivity index (χ4n) is 2.86. The molecule has 1 aliphatic heterocycles. The van der Waals surface area contributed by atoms with Gasteiger partial charge < -0.3 is 15.4 Å². The number of anilines is 1. The van der Waals surface area contributed by atoms with E-state index in [0.29, 0.717) is 0 Å². The van der Waals surface area contributed by atoms with Gasteiger partial charge in [-0.25, -0.2) is 0 Å². The Bertz CT molecular complexity index is 772. The largest absolute Gasteiger partial charge is 0.497 e. The topological polar surface area (TPSA) is 50.4 Å². The number of benzene rings is 2. The van der Waals surface area contributed by atoms with Crippen LogP contribution < -0.4 is 15.4 Å². The molecule has 130 valence electrons. The lowest BCUT2D eigenvalue weighted by atomic mass is 10.0. The van der Waals surface area contributed by atoms with Gasteiger partial charge in [-0.15, -0.1) is 11.8 Å². The van der Waals surface area contributed by atoms with E-state index in [2.05, 4.69) is 34.9 Å². The molecule has 0 radical (unpaired) electrons. The number of allylic oxidation sites excluding steroid dienone is 1. The van der Waals surface area contributed by atoms with E-state index in [4.69, 9.17) is 4.74 Å². The molecule has 1 unspecified atom stereocenters. The Hall–Kier alpha value is -2.40. The average molecular weight is 354 g/mol. The molecule has 1 atom stereocenters. The third-order valence-corrected chi connectivity index (χ3v) is 5.19. The van der Waals surface area contributed by atoms with Crippen molar-refractivity contribution in [3.05, 3.63) is 65.9 Å². The molecule has 2 aromatic rings. The number of hydrogen-bond donors (Lipinski definition) is 2. The van der Waals surface area contributed by atoms with E-state index >= 15 is 0 Å². The number of fused-ring (bicyclic) bond motifs is 1. The van der Waals surface area contributed by atoms with Crippen LogP contribution in [0.5, 0.6) is 5.75 Å². The quantitative estimate of drug-likeness (QED) is 0.783. The number of methoxy groups -OCH3 is 1. The lowest BCUT2D eigenvalue weighted by molar-refractivity contribution is -0.112. The second-order valence-electron chi connectivity index (χ2n) is 5.92. The highest BCUT2D eigenvalue weighted by Gasteiger charge is 2.20. The highest BCUT2D eigenvalue weighted by Crippen LogP contribution is 2.36. The number of carbonyl (C=O) groups is 1. The SMILES string of the molecule is COc1ccc(NC(=O)/C=C(\C)NC2CCSc3ccccc32)cc1. The lowest BCUT2D eigenvalue weighted by Crippen LogP contribution is -2.24. The van der Waals surface area contributed by atoms with E-state index in [1.807, 2.05) is 43.0 Å². The van der Waals surface area contributed by atoms with Gasteiger partial charge in [0.25, 0.3) is 0 Å². The van der Waals surface area contributed by atoms with Crippen molar-refractivity contribution in [3.8, 4) is 5.75 Å².